The lowest BCUT2D eigenvalue weighted by Gasteiger charge is -2.24. The highest BCUT2D eigenvalue weighted by molar-refractivity contribution is 6.27. The molecule has 1 unspecified atom stereocenters. The van der Waals surface area contributed by atoms with Gasteiger partial charge in [-0.25, -0.2) is 0 Å². The number of halogens is 2. The fourth-order valence-electron chi connectivity index (χ4n) is 1.11. The summed E-state index contributed by atoms with van der Waals surface area (Å²) in [6.45, 7) is 3.65. The molecule has 6 heteroatoms. The van der Waals surface area contributed by atoms with Gasteiger partial charge in [0.05, 0.1) is 17.9 Å². The maximum atomic E-state index is 11.7. The van der Waals surface area contributed by atoms with E-state index in [1.165, 1.54) is 0 Å². The first kappa shape index (κ1) is 15.5. The number of alkyl halides is 2. The standard InChI is InChI=1S/C10H16Cl2O4/c1-3-4-7(2)16-9(15)10(5-11,6-12)8(13)14/h7H,3-6H2,1-2H3,(H,13,14). The van der Waals surface area contributed by atoms with Gasteiger partial charge >= 0.3 is 11.9 Å². The molecule has 0 aromatic rings. The summed E-state index contributed by atoms with van der Waals surface area (Å²) in [5.74, 6) is -3.02. The lowest BCUT2D eigenvalue weighted by molar-refractivity contribution is -0.168. The number of carboxylic acid groups (broad SMARTS) is 1. The minimum absolute atomic E-state index is 0.331. The van der Waals surface area contributed by atoms with Gasteiger partial charge in [0.15, 0.2) is 5.41 Å². The number of hydrogen-bond donors (Lipinski definition) is 1. The average molecular weight is 271 g/mol. The highest BCUT2D eigenvalue weighted by atomic mass is 35.5. The predicted octanol–water partition coefficient (Wildman–Crippen LogP) is 2.27. The zero-order chi connectivity index (χ0) is 12.8. The van der Waals surface area contributed by atoms with E-state index >= 15 is 0 Å². The van der Waals surface area contributed by atoms with E-state index in [-0.39, 0.29) is 6.10 Å². The van der Waals surface area contributed by atoms with E-state index in [0.717, 1.165) is 6.42 Å². The summed E-state index contributed by atoms with van der Waals surface area (Å²) < 4.78 is 5.01. The molecule has 0 radical (unpaired) electrons. The summed E-state index contributed by atoms with van der Waals surface area (Å²) in [6.07, 6.45) is 1.19. The first-order valence-electron chi connectivity index (χ1n) is 5.01. The van der Waals surface area contributed by atoms with E-state index in [2.05, 4.69) is 0 Å². The number of esters is 1. The Morgan fingerprint density at radius 1 is 1.38 bits per heavy atom. The smallest absolute Gasteiger partial charge is 0.326 e. The molecule has 0 bridgehead atoms. The Labute approximate surface area is 105 Å². The Morgan fingerprint density at radius 3 is 2.19 bits per heavy atom. The van der Waals surface area contributed by atoms with Crippen LogP contribution in [-0.2, 0) is 14.3 Å². The third kappa shape index (κ3) is 3.52. The molecule has 0 aliphatic rings. The molecule has 1 atom stereocenters. The van der Waals surface area contributed by atoms with E-state index in [9.17, 15) is 9.59 Å². The minimum Gasteiger partial charge on any atom is -0.480 e. The summed E-state index contributed by atoms with van der Waals surface area (Å²) in [6, 6.07) is 0. The van der Waals surface area contributed by atoms with E-state index in [1.807, 2.05) is 6.92 Å². The van der Waals surface area contributed by atoms with E-state index in [1.54, 1.807) is 6.92 Å². The molecular formula is C10H16Cl2O4. The number of ether oxygens (including phenoxy) is 1. The monoisotopic (exact) mass is 270 g/mol. The fourth-order valence-corrected chi connectivity index (χ4v) is 1.84. The summed E-state index contributed by atoms with van der Waals surface area (Å²) in [4.78, 5) is 22.7. The van der Waals surface area contributed by atoms with Crippen LogP contribution in [-0.4, -0.2) is 34.9 Å². The molecule has 0 spiro atoms. The molecule has 0 saturated carbocycles. The first-order valence-corrected chi connectivity index (χ1v) is 6.08. The molecule has 0 fully saturated rings. The van der Waals surface area contributed by atoms with E-state index in [4.69, 9.17) is 33.0 Å². The van der Waals surface area contributed by atoms with Crippen LogP contribution >= 0.6 is 23.2 Å². The van der Waals surface area contributed by atoms with Crippen molar-refractivity contribution in [3.8, 4) is 0 Å². The number of aliphatic carboxylic acids is 1. The third-order valence-electron chi connectivity index (χ3n) is 2.26. The second-order valence-corrected chi connectivity index (χ2v) is 4.19. The van der Waals surface area contributed by atoms with Crippen LogP contribution in [0.15, 0.2) is 0 Å². The SMILES string of the molecule is CCCC(C)OC(=O)C(CCl)(CCl)C(=O)O. The maximum Gasteiger partial charge on any atom is 0.326 e. The predicted molar refractivity (Wildman–Crippen MR) is 62.0 cm³/mol. The van der Waals surface area contributed by atoms with Crippen molar-refractivity contribution in [2.24, 2.45) is 5.41 Å². The molecule has 0 saturated heterocycles. The van der Waals surface area contributed by atoms with Crippen LogP contribution in [0.25, 0.3) is 0 Å². The first-order chi connectivity index (χ1) is 7.44. The molecule has 16 heavy (non-hydrogen) atoms. The Morgan fingerprint density at radius 2 is 1.88 bits per heavy atom. The molecule has 0 aliphatic carbocycles. The lowest BCUT2D eigenvalue weighted by atomic mass is 9.93. The Balaban J connectivity index is 4.69. The van der Waals surface area contributed by atoms with Crippen LogP contribution in [0.2, 0.25) is 0 Å². The van der Waals surface area contributed by atoms with Gasteiger partial charge in [-0.05, 0) is 13.3 Å². The van der Waals surface area contributed by atoms with Crippen LogP contribution in [0.4, 0.5) is 0 Å². The minimum atomic E-state index is -1.84. The van der Waals surface area contributed by atoms with Crippen molar-refractivity contribution in [2.75, 3.05) is 11.8 Å². The average Bonchev–Trinajstić information content (AvgIpc) is 2.19. The van der Waals surface area contributed by atoms with Crippen molar-refractivity contribution in [3.63, 3.8) is 0 Å². The lowest BCUT2D eigenvalue weighted by Crippen LogP contribution is -2.45. The van der Waals surface area contributed by atoms with Crippen molar-refractivity contribution in [2.45, 2.75) is 32.8 Å². The van der Waals surface area contributed by atoms with Crippen molar-refractivity contribution in [3.05, 3.63) is 0 Å². The normalized spacial score (nSPS) is 13.2. The molecule has 0 aromatic heterocycles. The maximum absolute atomic E-state index is 11.7. The molecule has 0 aliphatic heterocycles. The second-order valence-electron chi connectivity index (χ2n) is 3.66. The number of hydrogen-bond acceptors (Lipinski definition) is 3. The highest BCUT2D eigenvalue weighted by Gasteiger charge is 2.47. The molecule has 0 aromatic carbocycles. The van der Waals surface area contributed by atoms with Crippen molar-refractivity contribution in [1.82, 2.24) is 0 Å². The van der Waals surface area contributed by atoms with Gasteiger partial charge < -0.3 is 9.84 Å². The van der Waals surface area contributed by atoms with Crippen LogP contribution in [0.5, 0.6) is 0 Å². The zero-order valence-electron chi connectivity index (χ0n) is 9.33. The van der Waals surface area contributed by atoms with Crippen LogP contribution < -0.4 is 0 Å². The summed E-state index contributed by atoms with van der Waals surface area (Å²) >= 11 is 11.0. The topological polar surface area (TPSA) is 63.6 Å². The Hall–Kier alpha value is -0.480. The zero-order valence-corrected chi connectivity index (χ0v) is 10.8. The Kier molecular flexibility index (Phi) is 6.76. The fraction of sp³-hybridized carbons (Fsp3) is 0.800. The van der Waals surface area contributed by atoms with Gasteiger partial charge in [-0.3, -0.25) is 9.59 Å². The quantitative estimate of drug-likeness (QED) is 0.438. The molecule has 1 N–H and O–H groups in total. The van der Waals surface area contributed by atoms with Crippen LogP contribution in [0, 0.1) is 5.41 Å². The molecule has 0 amide bonds. The van der Waals surface area contributed by atoms with Gasteiger partial charge in [0.1, 0.15) is 0 Å². The van der Waals surface area contributed by atoms with Crippen molar-refractivity contribution < 1.29 is 19.4 Å². The molecule has 4 nitrogen and oxygen atoms in total. The number of rotatable bonds is 7. The van der Waals surface area contributed by atoms with Crippen LogP contribution in [0.1, 0.15) is 26.7 Å². The van der Waals surface area contributed by atoms with E-state index < -0.39 is 29.1 Å². The number of carbonyl (C=O) groups is 2. The van der Waals surface area contributed by atoms with Gasteiger partial charge in [0, 0.05) is 0 Å². The molecular weight excluding hydrogens is 255 g/mol. The van der Waals surface area contributed by atoms with Gasteiger partial charge in [0.25, 0.3) is 0 Å². The molecule has 0 rings (SSSR count). The summed E-state index contributed by atoms with van der Waals surface area (Å²) in [5.41, 5.74) is -1.84. The van der Waals surface area contributed by atoms with Gasteiger partial charge in [0.2, 0.25) is 0 Å². The molecule has 0 heterocycles. The van der Waals surface area contributed by atoms with Crippen molar-refractivity contribution >= 4 is 35.1 Å². The van der Waals surface area contributed by atoms with Crippen LogP contribution in [0.3, 0.4) is 0 Å². The summed E-state index contributed by atoms with van der Waals surface area (Å²) in [7, 11) is 0. The van der Waals surface area contributed by atoms with Gasteiger partial charge in [-0.1, -0.05) is 13.3 Å². The number of carboxylic acids is 1. The molecule has 94 valence electrons. The highest BCUT2D eigenvalue weighted by Crippen LogP contribution is 2.25. The third-order valence-corrected chi connectivity index (χ3v) is 3.17. The number of carbonyl (C=O) groups excluding carboxylic acids is 1. The second kappa shape index (κ2) is 6.97. The largest absolute Gasteiger partial charge is 0.480 e. The Bertz CT molecular complexity index is 251. The summed E-state index contributed by atoms with van der Waals surface area (Å²) in [5, 5.41) is 8.97. The van der Waals surface area contributed by atoms with Gasteiger partial charge in [-0.2, -0.15) is 0 Å². The van der Waals surface area contributed by atoms with Gasteiger partial charge in [-0.15, -0.1) is 23.2 Å². The van der Waals surface area contributed by atoms with E-state index in [0.29, 0.717) is 6.42 Å². The van der Waals surface area contributed by atoms with Crippen molar-refractivity contribution in [1.29, 1.82) is 0 Å².